The van der Waals surface area contributed by atoms with Crippen LogP contribution >= 0.6 is 0 Å². The molecule has 0 bridgehead atoms. The lowest BCUT2D eigenvalue weighted by atomic mass is 10.2. The Morgan fingerprint density at radius 2 is 1.90 bits per heavy atom. The number of hydrogen-bond donors (Lipinski definition) is 4. The molecule has 4 N–H and O–H groups in total. The Morgan fingerprint density at radius 1 is 1.24 bits per heavy atom. The number of carboxylic acids is 1. The predicted octanol–water partition coefficient (Wildman–Crippen LogP) is 0.0801. The Balaban J connectivity index is 3.80. The summed E-state index contributed by atoms with van der Waals surface area (Å²) in [5, 5.41) is 16.4. The molecular weight excluding hydrogens is 278 g/mol. The van der Waals surface area contributed by atoms with Gasteiger partial charge in [0.05, 0.1) is 12.5 Å². The van der Waals surface area contributed by atoms with Gasteiger partial charge in [-0.1, -0.05) is 6.92 Å². The zero-order valence-electron chi connectivity index (χ0n) is 12.8. The number of hydrogen-bond acceptors (Lipinski definition) is 4. The fourth-order valence-corrected chi connectivity index (χ4v) is 1.44. The van der Waals surface area contributed by atoms with Crippen molar-refractivity contribution in [3.8, 4) is 0 Å². The van der Waals surface area contributed by atoms with E-state index in [4.69, 9.17) is 9.84 Å². The Hall–Kier alpha value is -1.83. The van der Waals surface area contributed by atoms with Gasteiger partial charge in [-0.3, -0.25) is 9.59 Å². The first-order valence-electron chi connectivity index (χ1n) is 6.94. The smallest absolute Gasteiger partial charge is 0.314 e. The number of carboxylic acid groups (broad SMARTS) is 1. The maximum Gasteiger partial charge on any atom is 0.314 e. The van der Waals surface area contributed by atoms with E-state index in [1.54, 1.807) is 0 Å². The van der Waals surface area contributed by atoms with Crippen molar-refractivity contribution in [1.82, 2.24) is 16.0 Å². The lowest BCUT2D eigenvalue weighted by Crippen LogP contribution is -2.42. The monoisotopic (exact) mass is 303 g/mol. The number of ether oxygens (including phenoxy) is 1. The quantitative estimate of drug-likeness (QED) is 0.456. The van der Waals surface area contributed by atoms with Crippen molar-refractivity contribution < 1.29 is 24.2 Å². The molecule has 0 spiro atoms. The third kappa shape index (κ3) is 10.6. The fraction of sp³-hybridized carbons (Fsp3) is 0.769. The molecule has 0 fully saturated rings. The molecule has 0 aromatic rings. The highest BCUT2D eigenvalue weighted by Gasteiger charge is 2.13. The first-order chi connectivity index (χ1) is 9.88. The second-order valence-corrected chi connectivity index (χ2v) is 4.72. The van der Waals surface area contributed by atoms with E-state index in [1.807, 2.05) is 13.8 Å². The Kier molecular flexibility index (Phi) is 9.95. The van der Waals surface area contributed by atoms with Crippen molar-refractivity contribution in [2.45, 2.75) is 45.3 Å². The number of methoxy groups -OCH3 is 1. The Morgan fingerprint density at radius 3 is 2.43 bits per heavy atom. The molecule has 0 aromatic carbocycles. The van der Waals surface area contributed by atoms with Gasteiger partial charge in [0, 0.05) is 32.7 Å². The molecule has 0 saturated carbocycles. The standard InChI is InChI=1S/C13H25N3O5/c1-4-9(2)16-11(17)5-6-14-13(20)15-8-10(21-3)7-12(18)19/h9-10H,4-8H2,1-3H3,(H,16,17)(H,18,19)(H2,14,15,20). The van der Waals surface area contributed by atoms with Crippen molar-refractivity contribution in [3.63, 3.8) is 0 Å². The minimum absolute atomic E-state index is 0.0910. The largest absolute Gasteiger partial charge is 0.481 e. The van der Waals surface area contributed by atoms with Crippen LogP contribution in [0.2, 0.25) is 0 Å². The Bertz CT molecular complexity index is 349. The van der Waals surface area contributed by atoms with Gasteiger partial charge < -0.3 is 25.8 Å². The van der Waals surface area contributed by atoms with E-state index in [0.29, 0.717) is 0 Å². The Labute approximate surface area is 124 Å². The molecule has 0 rings (SSSR count). The zero-order valence-corrected chi connectivity index (χ0v) is 12.8. The fourth-order valence-electron chi connectivity index (χ4n) is 1.44. The van der Waals surface area contributed by atoms with Crippen LogP contribution < -0.4 is 16.0 Å². The van der Waals surface area contributed by atoms with Crippen LogP contribution in [0.25, 0.3) is 0 Å². The molecule has 0 aromatic heterocycles. The first-order valence-corrected chi connectivity index (χ1v) is 6.94. The second-order valence-electron chi connectivity index (χ2n) is 4.72. The lowest BCUT2D eigenvalue weighted by Gasteiger charge is -2.15. The van der Waals surface area contributed by atoms with Crippen LogP contribution in [0.4, 0.5) is 4.79 Å². The molecule has 0 aliphatic heterocycles. The molecule has 0 aliphatic rings. The average Bonchev–Trinajstić information content (AvgIpc) is 2.42. The van der Waals surface area contributed by atoms with E-state index in [2.05, 4.69) is 16.0 Å². The predicted molar refractivity (Wildman–Crippen MR) is 77.0 cm³/mol. The third-order valence-corrected chi connectivity index (χ3v) is 2.88. The van der Waals surface area contributed by atoms with E-state index in [0.717, 1.165) is 6.42 Å². The molecule has 0 aliphatic carbocycles. The molecule has 0 radical (unpaired) electrons. The summed E-state index contributed by atoms with van der Waals surface area (Å²) >= 11 is 0. The molecule has 8 nitrogen and oxygen atoms in total. The van der Waals surface area contributed by atoms with Crippen molar-refractivity contribution in [1.29, 1.82) is 0 Å². The maximum absolute atomic E-state index is 11.5. The van der Waals surface area contributed by atoms with Crippen LogP contribution in [-0.2, 0) is 14.3 Å². The summed E-state index contributed by atoms with van der Waals surface area (Å²) in [4.78, 5) is 33.4. The maximum atomic E-state index is 11.5. The second kappa shape index (κ2) is 10.9. The van der Waals surface area contributed by atoms with Gasteiger partial charge in [0.2, 0.25) is 5.91 Å². The SMILES string of the molecule is CCC(C)NC(=O)CCNC(=O)NCC(CC(=O)O)OC. The molecule has 21 heavy (non-hydrogen) atoms. The van der Waals surface area contributed by atoms with Gasteiger partial charge in [-0.15, -0.1) is 0 Å². The molecule has 2 atom stereocenters. The van der Waals surface area contributed by atoms with E-state index < -0.39 is 18.1 Å². The van der Waals surface area contributed by atoms with Crippen LogP contribution in [0.15, 0.2) is 0 Å². The van der Waals surface area contributed by atoms with Gasteiger partial charge in [-0.25, -0.2) is 4.79 Å². The molecule has 0 heterocycles. The third-order valence-electron chi connectivity index (χ3n) is 2.88. The highest BCUT2D eigenvalue weighted by molar-refractivity contribution is 5.78. The van der Waals surface area contributed by atoms with Gasteiger partial charge in [0.1, 0.15) is 0 Å². The number of amides is 3. The van der Waals surface area contributed by atoms with Gasteiger partial charge >= 0.3 is 12.0 Å². The summed E-state index contributed by atoms with van der Waals surface area (Å²) in [5.74, 6) is -1.11. The number of carbonyl (C=O) groups excluding carboxylic acids is 2. The molecule has 122 valence electrons. The summed E-state index contributed by atoms with van der Waals surface area (Å²) < 4.78 is 4.92. The number of urea groups is 1. The summed E-state index contributed by atoms with van der Waals surface area (Å²) in [6, 6.07) is -0.344. The number of rotatable bonds is 10. The van der Waals surface area contributed by atoms with Gasteiger partial charge in [0.15, 0.2) is 0 Å². The number of aliphatic carboxylic acids is 1. The van der Waals surface area contributed by atoms with E-state index in [9.17, 15) is 14.4 Å². The minimum atomic E-state index is -0.995. The topological polar surface area (TPSA) is 117 Å². The van der Waals surface area contributed by atoms with Crippen LogP contribution in [0.5, 0.6) is 0 Å². The minimum Gasteiger partial charge on any atom is -0.481 e. The molecular formula is C13H25N3O5. The van der Waals surface area contributed by atoms with Gasteiger partial charge in [-0.2, -0.15) is 0 Å². The average molecular weight is 303 g/mol. The number of nitrogens with one attached hydrogen (secondary N) is 3. The van der Waals surface area contributed by atoms with E-state index in [1.165, 1.54) is 7.11 Å². The van der Waals surface area contributed by atoms with Crippen molar-refractivity contribution >= 4 is 17.9 Å². The lowest BCUT2D eigenvalue weighted by molar-refractivity contribution is -0.139. The van der Waals surface area contributed by atoms with Crippen LogP contribution in [0.3, 0.4) is 0 Å². The normalized spacial score (nSPS) is 13.1. The first kappa shape index (κ1) is 19.2. The summed E-state index contributed by atoms with van der Waals surface area (Å²) in [5.41, 5.74) is 0. The van der Waals surface area contributed by atoms with Crippen molar-refractivity contribution in [2.75, 3.05) is 20.2 Å². The highest BCUT2D eigenvalue weighted by atomic mass is 16.5. The van der Waals surface area contributed by atoms with Crippen molar-refractivity contribution in [3.05, 3.63) is 0 Å². The number of carbonyl (C=O) groups is 3. The van der Waals surface area contributed by atoms with Crippen molar-refractivity contribution in [2.24, 2.45) is 0 Å². The van der Waals surface area contributed by atoms with Gasteiger partial charge in [0.25, 0.3) is 0 Å². The summed E-state index contributed by atoms with van der Waals surface area (Å²) in [7, 11) is 1.38. The molecule has 2 unspecified atom stereocenters. The summed E-state index contributed by atoms with van der Waals surface area (Å²) in [6.07, 6.45) is 0.276. The van der Waals surface area contributed by atoms with E-state index >= 15 is 0 Å². The van der Waals surface area contributed by atoms with E-state index in [-0.39, 0.29) is 37.9 Å². The van der Waals surface area contributed by atoms with Crippen LogP contribution in [-0.4, -0.2) is 55.4 Å². The summed E-state index contributed by atoms with van der Waals surface area (Å²) in [6.45, 7) is 4.18. The zero-order chi connectivity index (χ0) is 16.3. The molecule has 3 amide bonds. The van der Waals surface area contributed by atoms with Crippen LogP contribution in [0.1, 0.15) is 33.1 Å². The molecule has 8 heteroatoms. The highest BCUT2D eigenvalue weighted by Crippen LogP contribution is 1.95. The van der Waals surface area contributed by atoms with Crippen LogP contribution in [0, 0.1) is 0 Å². The molecule has 0 saturated heterocycles. The van der Waals surface area contributed by atoms with Gasteiger partial charge in [-0.05, 0) is 13.3 Å².